The van der Waals surface area contributed by atoms with E-state index in [1.807, 2.05) is 4.90 Å². The highest BCUT2D eigenvalue weighted by atomic mass is 16.4. The third-order valence-electron chi connectivity index (χ3n) is 3.05. The maximum atomic E-state index is 11.5. The van der Waals surface area contributed by atoms with Crippen molar-refractivity contribution < 1.29 is 14.7 Å². The van der Waals surface area contributed by atoms with Crippen LogP contribution in [0.3, 0.4) is 0 Å². The van der Waals surface area contributed by atoms with E-state index in [-0.39, 0.29) is 12.3 Å². The van der Waals surface area contributed by atoms with Crippen LogP contribution in [0.5, 0.6) is 0 Å². The zero-order valence-electron chi connectivity index (χ0n) is 9.52. The summed E-state index contributed by atoms with van der Waals surface area (Å²) in [6, 6.07) is 0. The molecule has 16 heavy (non-hydrogen) atoms. The number of likely N-dealkylation sites (tertiary alicyclic amines) is 1. The molecule has 1 aliphatic heterocycles. The lowest BCUT2D eigenvalue weighted by molar-refractivity contribution is -0.138. The average molecular weight is 225 g/mol. The van der Waals surface area contributed by atoms with E-state index in [0.717, 1.165) is 32.4 Å². The van der Waals surface area contributed by atoms with Crippen molar-refractivity contribution in [1.82, 2.24) is 4.90 Å². The van der Waals surface area contributed by atoms with Crippen LogP contribution in [0.1, 0.15) is 32.1 Å². The fourth-order valence-electron chi connectivity index (χ4n) is 2.05. The van der Waals surface area contributed by atoms with Gasteiger partial charge in [-0.3, -0.25) is 9.59 Å². The Balaban J connectivity index is 2.25. The first-order chi connectivity index (χ1) is 7.63. The predicted octanol–water partition coefficient (Wildman–Crippen LogP) is 1.67. The van der Waals surface area contributed by atoms with Crippen LogP contribution in [0.4, 0.5) is 0 Å². The number of carboxylic acid groups (broad SMARTS) is 1. The van der Waals surface area contributed by atoms with E-state index in [1.54, 1.807) is 6.08 Å². The summed E-state index contributed by atoms with van der Waals surface area (Å²) in [6.45, 7) is 5.07. The Morgan fingerprint density at radius 2 is 2.00 bits per heavy atom. The standard InChI is InChI=1S/C12H19NO3/c1-2-3-11(14)13-8-6-10(7-9-13)4-5-12(15)16/h2,10H,1,3-9H2,(H,15,16). The van der Waals surface area contributed by atoms with Gasteiger partial charge < -0.3 is 10.0 Å². The minimum atomic E-state index is -0.731. The zero-order valence-corrected chi connectivity index (χ0v) is 9.52. The second-order valence-corrected chi connectivity index (χ2v) is 4.25. The summed E-state index contributed by atoms with van der Waals surface area (Å²) in [5.41, 5.74) is 0. The largest absolute Gasteiger partial charge is 0.481 e. The molecule has 1 amide bonds. The van der Waals surface area contributed by atoms with E-state index in [9.17, 15) is 9.59 Å². The van der Waals surface area contributed by atoms with Crippen molar-refractivity contribution in [3.05, 3.63) is 12.7 Å². The van der Waals surface area contributed by atoms with Crippen LogP contribution < -0.4 is 0 Å². The van der Waals surface area contributed by atoms with E-state index in [2.05, 4.69) is 6.58 Å². The molecule has 1 rings (SSSR count). The van der Waals surface area contributed by atoms with Crippen molar-refractivity contribution in [2.45, 2.75) is 32.1 Å². The van der Waals surface area contributed by atoms with Crippen LogP contribution in [0.2, 0.25) is 0 Å². The maximum absolute atomic E-state index is 11.5. The van der Waals surface area contributed by atoms with Gasteiger partial charge in [0.2, 0.25) is 5.91 Å². The molecule has 0 aromatic rings. The van der Waals surface area contributed by atoms with Gasteiger partial charge in [0, 0.05) is 25.9 Å². The van der Waals surface area contributed by atoms with Crippen molar-refractivity contribution in [1.29, 1.82) is 0 Å². The number of nitrogens with zero attached hydrogens (tertiary/aromatic N) is 1. The first-order valence-corrected chi connectivity index (χ1v) is 5.74. The highest BCUT2D eigenvalue weighted by Gasteiger charge is 2.22. The summed E-state index contributed by atoms with van der Waals surface area (Å²) < 4.78 is 0. The summed E-state index contributed by atoms with van der Waals surface area (Å²) in [6.07, 6.45) is 4.86. The molecule has 4 heteroatoms. The van der Waals surface area contributed by atoms with Crippen molar-refractivity contribution in [2.75, 3.05) is 13.1 Å². The topological polar surface area (TPSA) is 57.6 Å². The molecule has 0 atom stereocenters. The van der Waals surface area contributed by atoms with Crippen LogP contribution in [-0.2, 0) is 9.59 Å². The molecule has 4 nitrogen and oxygen atoms in total. The van der Waals surface area contributed by atoms with Gasteiger partial charge in [-0.25, -0.2) is 0 Å². The second kappa shape index (κ2) is 6.30. The number of hydrogen-bond acceptors (Lipinski definition) is 2. The molecular formula is C12H19NO3. The Kier molecular flexibility index (Phi) is 5.02. The molecule has 1 fully saturated rings. The molecule has 0 aliphatic carbocycles. The van der Waals surface area contributed by atoms with E-state index >= 15 is 0 Å². The molecule has 1 aliphatic rings. The number of piperidine rings is 1. The Labute approximate surface area is 95.9 Å². The Bertz CT molecular complexity index is 267. The fourth-order valence-corrected chi connectivity index (χ4v) is 2.05. The van der Waals surface area contributed by atoms with Gasteiger partial charge in [-0.15, -0.1) is 6.58 Å². The third-order valence-corrected chi connectivity index (χ3v) is 3.05. The fraction of sp³-hybridized carbons (Fsp3) is 0.667. The van der Waals surface area contributed by atoms with Crippen LogP contribution in [-0.4, -0.2) is 35.0 Å². The van der Waals surface area contributed by atoms with Gasteiger partial charge in [-0.2, -0.15) is 0 Å². The Morgan fingerprint density at radius 3 is 2.50 bits per heavy atom. The highest BCUT2D eigenvalue weighted by molar-refractivity contribution is 5.77. The van der Waals surface area contributed by atoms with Crippen LogP contribution in [0.25, 0.3) is 0 Å². The number of aliphatic carboxylic acids is 1. The smallest absolute Gasteiger partial charge is 0.303 e. The molecule has 1 N–H and O–H groups in total. The summed E-state index contributed by atoms with van der Waals surface area (Å²) in [4.78, 5) is 23.8. The monoisotopic (exact) mass is 225 g/mol. The van der Waals surface area contributed by atoms with Crippen molar-refractivity contribution >= 4 is 11.9 Å². The Hall–Kier alpha value is -1.32. The summed E-state index contributed by atoms with van der Waals surface area (Å²) in [5.74, 6) is -0.138. The lowest BCUT2D eigenvalue weighted by Crippen LogP contribution is -2.38. The van der Waals surface area contributed by atoms with Gasteiger partial charge in [0.15, 0.2) is 0 Å². The van der Waals surface area contributed by atoms with E-state index in [0.29, 0.717) is 12.3 Å². The Morgan fingerprint density at radius 1 is 1.38 bits per heavy atom. The van der Waals surface area contributed by atoms with Gasteiger partial charge in [-0.05, 0) is 25.2 Å². The first kappa shape index (κ1) is 12.7. The molecule has 1 heterocycles. The van der Waals surface area contributed by atoms with E-state index in [1.165, 1.54) is 0 Å². The van der Waals surface area contributed by atoms with Crippen LogP contribution >= 0.6 is 0 Å². The minimum Gasteiger partial charge on any atom is -0.481 e. The molecule has 0 spiro atoms. The molecule has 0 aromatic heterocycles. The highest BCUT2D eigenvalue weighted by Crippen LogP contribution is 2.22. The van der Waals surface area contributed by atoms with Crippen LogP contribution in [0, 0.1) is 5.92 Å². The number of hydrogen-bond donors (Lipinski definition) is 1. The molecule has 0 bridgehead atoms. The maximum Gasteiger partial charge on any atom is 0.303 e. The van der Waals surface area contributed by atoms with Gasteiger partial charge in [0.1, 0.15) is 0 Å². The number of carbonyl (C=O) groups excluding carboxylic acids is 1. The quantitative estimate of drug-likeness (QED) is 0.724. The van der Waals surface area contributed by atoms with Crippen molar-refractivity contribution in [3.63, 3.8) is 0 Å². The number of carboxylic acids is 1. The average Bonchev–Trinajstić information content (AvgIpc) is 2.27. The number of rotatable bonds is 5. The predicted molar refractivity (Wildman–Crippen MR) is 61.0 cm³/mol. The molecule has 0 unspecified atom stereocenters. The molecule has 0 saturated carbocycles. The van der Waals surface area contributed by atoms with Crippen LogP contribution in [0.15, 0.2) is 12.7 Å². The summed E-state index contributed by atoms with van der Waals surface area (Å²) in [7, 11) is 0. The van der Waals surface area contributed by atoms with Crippen molar-refractivity contribution in [2.24, 2.45) is 5.92 Å². The zero-order chi connectivity index (χ0) is 12.0. The molecule has 90 valence electrons. The van der Waals surface area contributed by atoms with E-state index in [4.69, 9.17) is 5.11 Å². The first-order valence-electron chi connectivity index (χ1n) is 5.74. The minimum absolute atomic E-state index is 0.131. The van der Waals surface area contributed by atoms with Crippen molar-refractivity contribution in [3.8, 4) is 0 Å². The summed E-state index contributed by atoms with van der Waals surface area (Å²) >= 11 is 0. The number of carbonyl (C=O) groups is 2. The lowest BCUT2D eigenvalue weighted by atomic mass is 9.92. The summed E-state index contributed by atoms with van der Waals surface area (Å²) in [5, 5.41) is 8.58. The molecule has 0 radical (unpaired) electrons. The van der Waals surface area contributed by atoms with E-state index < -0.39 is 5.97 Å². The number of amides is 1. The van der Waals surface area contributed by atoms with Gasteiger partial charge in [0.25, 0.3) is 0 Å². The van der Waals surface area contributed by atoms with Gasteiger partial charge >= 0.3 is 5.97 Å². The molecule has 0 aromatic carbocycles. The second-order valence-electron chi connectivity index (χ2n) is 4.25. The van der Waals surface area contributed by atoms with Gasteiger partial charge in [0.05, 0.1) is 0 Å². The molecule has 1 saturated heterocycles. The van der Waals surface area contributed by atoms with Gasteiger partial charge in [-0.1, -0.05) is 6.08 Å². The third kappa shape index (κ3) is 4.04. The lowest BCUT2D eigenvalue weighted by Gasteiger charge is -2.31. The SMILES string of the molecule is C=CCC(=O)N1CCC(CCC(=O)O)CC1. The molecular weight excluding hydrogens is 206 g/mol. The normalized spacial score (nSPS) is 17.1.